The highest BCUT2D eigenvalue weighted by atomic mass is 16.2. The molecule has 1 aromatic carbocycles. The summed E-state index contributed by atoms with van der Waals surface area (Å²) >= 11 is 0. The number of hydrogen-bond acceptors (Lipinski definition) is 2. The van der Waals surface area contributed by atoms with E-state index in [9.17, 15) is 4.79 Å². The summed E-state index contributed by atoms with van der Waals surface area (Å²) in [6.45, 7) is 5.47. The van der Waals surface area contributed by atoms with Gasteiger partial charge < -0.3 is 14.8 Å². The first-order chi connectivity index (χ1) is 9.49. The maximum atomic E-state index is 11.9. The van der Waals surface area contributed by atoms with Gasteiger partial charge in [0.05, 0.1) is 0 Å². The molecule has 1 amide bonds. The quantitative estimate of drug-likeness (QED) is 0.907. The number of nitrogens with one attached hydrogen (secondary N) is 1. The fourth-order valence-electron chi connectivity index (χ4n) is 2.20. The predicted octanol–water partition coefficient (Wildman–Crippen LogP) is 2.23. The van der Waals surface area contributed by atoms with Gasteiger partial charge in [0.15, 0.2) is 0 Å². The number of para-hydroxylation sites is 1. The van der Waals surface area contributed by atoms with E-state index >= 15 is 0 Å². The summed E-state index contributed by atoms with van der Waals surface area (Å²) in [5.74, 6) is 0.106. The molecule has 0 unspecified atom stereocenters. The van der Waals surface area contributed by atoms with E-state index in [2.05, 4.69) is 37.5 Å². The zero-order valence-electron chi connectivity index (χ0n) is 12.7. The first-order valence-electron chi connectivity index (χ1n) is 6.99. The second-order valence-corrected chi connectivity index (χ2v) is 5.62. The number of rotatable bonds is 5. The van der Waals surface area contributed by atoms with Gasteiger partial charge in [-0.3, -0.25) is 4.79 Å². The van der Waals surface area contributed by atoms with Crippen molar-refractivity contribution in [1.29, 1.82) is 0 Å². The third kappa shape index (κ3) is 3.20. The highest BCUT2D eigenvalue weighted by Crippen LogP contribution is 2.21. The topological polar surface area (TPSA) is 37.3 Å². The van der Waals surface area contributed by atoms with Gasteiger partial charge in [-0.05, 0) is 11.6 Å². The number of aromatic nitrogens is 1. The highest BCUT2D eigenvalue weighted by Gasteiger charge is 2.11. The lowest BCUT2D eigenvalue weighted by Gasteiger charge is -2.11. The maximum absolute atomic E-state index is 11.9. The Morgan fingerprint density at radius 3 is 2.65 bits per heavy atom. The summed E-state index contributed by atoms with van der Waals surface area (Å²) in [5, 5.41) is 4.65. The molecule has 1 N–H and O–H groups in total. The SMILES string of the molecule is CC(C)NCc1cn(CC(=O)N(C)C)c2ccccc12. The van der Waals surface area contributed by atoms with E-state index in [0.717, 1.165) is 12.1 Å². The van der Waals surface area contributed by atoms with Gasteiger partial charge in [-0.2, -0.15) is 0 Å². The van der Waals surface area contributed by atoms with Crippen LogP contribution in [0.25, 0.3) is 10.9 Å². The molecule has 108 valence electrons. The molecule has 0 aliphatic heterocycles. The minimum absolute atomic E-state index is 0.106. The first kappa shape index (κ1) is 14.6. The maximum Gasteiger partial charge on any atom is 0.241 e. The Kier molecular flexibility index (Phi) is 4.45. The van der Waals surface area contributed by atoms with Crippen LogP contribution in [0.3, 0.4) is 0 Å². The largest absolute Gasteiger partial charge is 0.347 e. The zero-order chi connectivity index (χ0) is 14.7. The van der Waals surface area contributed by atoms with Gasteiger partial charge >= 0.3 is 0 Å². The lowest BCUT2D eigenvalue weighted by Crippen LogP contribution is -2.26. The van der Waals surface area contributed by atoms with Crippen LogP contribution in [0.5, 0.6) is 0 Å². The van der Waals surface area contributed by atoms with E-state index in [1.165, 1.54) is 10.9 Å². The number of carbonyl (C=O) groups excluding carboxylic acids is 1. The van der Waals surface area contributed by atoms with Crippen molar-refractivity contribution in [2.45, 2.75) is 33.0 Å². The van der Waals surface area contributed by atoms with Crippen LogP contribution in [-0.2, 0) is 17.9 Å². The number of nitrogens with zero attached hydrogens (tertiary/aromatic N) is 2. The van der Waals surface area contributed by atoms with Crippen molar-refractivity contribution >= 4 is 16.8 Å². The van der Waals surface area contributed by atoms with Gasteiger partial charge in [-0.25, -0.2) is 0 Å². The number of amides is 1. The molecule has 2 aromatic rings. The van der Waals surface area contributed by atoms with Crippen LogP contribution in [0.4, 0.5) is 0 Å². The van der Waals surface area contributed by atoms with Gasteiger partial charge in [0.25, 0.3) is 0 Å². The lowest BCUT2D eigenvalue weighted by molar-refractivity contribution is -0.129. The molecule has 0 fully saturated rings. The van der Waals surface area contributed by atoms with Crippen molar-refractivity contribution in [3.8, 4) is 0 Å². The van der Waals surface area contributed by atoms with Crippen LogP contribution in [0.2, 0.25) is 0 Å². The number of carbonyl (C=O) groups is 1. The molecule has 0 saturated heterocycles. The van der Waals surface area contributed by atoms with Crippen LogP contribution in [0.1, 0.15) is 19.4 Å². The van der Waals surface area contributed by atoms with E-state index in [0.29, 0.717) is 12.6 Å². The lowest BCUT2D eigenvalue weighted by atomic mass is 10.2. The Balaban J connectivity index is 2.33. The second kappa shape index (κ2) is 6.09. The summed E-state index contributed by atoms with van der Waals surface area (Å²) in [6.07, 6.45) is 2.08. The van der Waals surface area contributed by atoms with Crippen LogP contribution in [-0.4, -0.2) is 35.5 Å². The number of fused-ring (bicyclic) bond motifs is 1. The Hall–Kier alpha value is -1.81. The van der Waals surface area contributed by atoms with Crippen molar-refractivity contribution in [2.24, 2.45) is 0 Å². The Labute approximate surface area is 120 Å². The summed E-state index contributed by atoms with van der Waals surface area (Å²) < 4.78 is 2.04. The Bertz CT molecular complexity index is 599. The second-order valence-electron chi connectivity index (χ2n) is 5.62. The van der Waals surface area contributed by atoms with Crippen LogP contribution >= 0.6 is 0 Å². The van der Waals surface area contributed by atoms with Gasteiger partial charge in [-0.1, -0.05) is 32.0 Å². The predicted molar refractivity (Wildman–Crippen MR) is 82.6 cm³/mol. The van der Waals surface area contributed by atoms with E-state index < -0.39 is 0 Å². The van der Waals surface area contributed by atoms with Gasteiger partial charge in [0, 0.05) is 43.8 Å². The first-order valence-corrected chi connectivity index (χ1v) is 6.99. The molecule has 0 atom stereocenters. The van der Waals surface area contributed by atoms with Crippen molar-refractivity contribution < 1.29 is 4.79 Å². The monoisotopic (exact) mass is 273 g/mol. The van der Waals surface area contributed by atoms with E-state index in [1.54, 1.807) is 19.0 Å². The number of likely N-dealkylation sites (N-methyl/N-ethyl adjacent to an activating group) is 1. The number of hydrogen-bond donors (Lipinski definition) is 1. The fourth-order valence-corrected chi connectivity index (χ4v) is 2.20. The summed E-state index contributed by atoms with van der Waals surface area (Å²) in [5.41, 5.74) is 2.35. The standard InChI is InChI=1S/C16H23N3O/c1-12(2)17-9-13-10-19(11-16(20)18(3)4)15-8-6-5-7-14(13)15/h5-8,10,12,17H,9,11H2,1-4H3. The Morgan fingerprint density at radius 1 is 1.30 bits per heavy atom. The molecule has 0 spiro atoms. The molecule has 20 heavy (non-hydrogen) atoms. The molecule has 4 heteroatoms. The molecule has 0 radical (unpaired) electrons. The average molecular weight is 273 g/mol. The van der Waals surface area contributed by atoms with Crippen molar-refractivity contribution in [1.82, 2.24) is 14.8 Å². The van der Waals surface area contributed by atoms with Crippen molar-refractivity contribution in [3.05, 3.63) is 36.0 Å². The fraction of sp³-hybridized carbons (Fsp3) is 0.438. The molecule has 0 saturated carbocycles. The molecule has 1 heterocycles. The highest BCUT2D eigenvalue weighted by molar-refractivity contribution is 5.86. The summed E-state index contributed by atoms with van der Waals surface area (Å²) in [4.78, 5) is 13.5. The van der Waals surface area contributed by atoms with Gasteiger partial charge in [-0.15, -0.1) is 0 Å². The minimum Gasteiger partial charge on any atom is -0.347 e. The summed E-state index contributed by atoms with van der Waals surface area (Å²) in [7, 11) is 3.57. The van der Waals surface area contributed by atoms with Crippen LogP contribution in [0, 0.1) is 0 Å². The number of benzene rings is 1. The molecule has 0 bridgehead atoms. The molecule has 0 aliphatic carbocycles. The third-order valence-electron chi connectivity index (χ3n) is 3.38. The molecule has 1 aromatic heterocycles. The van der Waals surface area contributed by atoms with E-state index in [4.69, 9.17) is 0 Å². The molecule has 2 rings (SSSR count). The molecular formula is C16H23N3O. The van der Waals surface area contributed by atoms with Crippen LogP contribution < -0.4 is 5.32 Å². The molecular weight excluding hydrogens is 250 g/mol. The zero-order valence-corrected chi connectivity index (χ0v) is 12.7. The summed E-state index contributed by atoms with van der Waals surface area (Å²) in [6, 6.07) is 8.68. The van der Waals surface area contributed by atoms with Crippen molar-refractivity contribution in [3.63, 3.8) is 0 Å². The molecule has 0 aliphatic rings. The average Bonchev–Trinajstić information content (AvgIpc) is 2.75. The smallest absolute Gasteiger partial charge is 0.241 e. The van der Waals surface area contributed by atoms with Crippen molar-refractivity contribution in [2.75, 3.05) is 14.1 Å². The van der Waals surface area contributed by atoms with Gasteiger partial charge in [0.2, 0.25) is 5.91 Å². The minimum atomic E-state index is 0.106. The van der Waals surface area contributed by atoms with E-state index in [-0.39, 0.29) is 5.91 Å². The third-order valence-corrected chi connectivity index (χ3v) is 3.38. The van der Waals surface area contributed by atoms with E-state index in [1.807, 2.05) is 16.7 Å². The Morgan fingerprint density at radius 2 is 2.00 bits per heavy atom. The van der Waals surface area contributed by atoms with Gasteiger partial charge in [0.1, 0.15) is 6.54 Å². The normalized spacial score (nSPS) is 11.2. The molecule has 4 nitrogen and oxygen atoms in total. The van der Waals surface area contributed by atoms with Crippen LogP contribution in [0.15, 0.2) is 30.5 Å².